The number of carbonyl (C=O) groups is 3. The zero-order chi connectivity index (χ0) is 23.0. The second kappa shape index (κ2) is 10.2. The van der Waals surface area contributed by atoms with Crippen molar-refractivity contribution in [1.82, 2.24) is 0 Å². The molecular weight excluding hydrogens is 414 g/mol. The summed E-state index contributed by atoms with van der Waals surface area (Å²) in [5, 5.41) is 2.77. The van der Waals surface area contributed by atoms with Gasteiger partial charge >= 0.3 is 5.97 Å². The van der Waals surface area contributed by atoms with Gasteiger partial charge in [0.1, 0.15) is 0 Å². The molecule has 4 aromatic rings. The molecule has 0 fully saturated rings. The van der Waals surface area contributed by atoms with Crippen LogP contribution in [0.4, 0.5) is 5.69 Å². The van der Waals surface area contributed by atoms with E-state index in [0.29, 0.717) is 22.4 Å². The zero-order valence-corrected chi connectivity index (χ0v) is 17.7. The monoisotopic (exact) mass is 435 g/mol. The predicted octanol–water partition coefficient (Wildman–Crippen LogP) is 5.65. The molecule has 1 amide bonds. The van der Waals surface area contributed by atoms with E-state index in [9.17, 15) is 14.4 Å². The second-order valence-electron chi connectivity index (χ2n) is 7.34. The average molecular weight is 435 g/mol. The van der Waals surface area contributed by atoms with Crippen molar-refractivity contribution in [2.75, 3.05) is 11.9 Å². The third-order valence-corrected chi connectivity index (χ3v) is 5.06. The number of esters is 1. The number of rotatable bonds is 7. The van der Waals surface area contributed by atoms with Crippen molar-refractivity contribution in [3.63, 3.8) is 0 Å². The molecule has 0 aliphatic carbocycles. The predicted molar refractivity (Wildman–Crippen MR) is 127 cm³/mol. The van der Waals surface area contributed by atoms with Crippen LogP contribution in [-0.4, -0.2) is 24.3 Å². The van der Waals surface area contributed by atoms with Crippen molar-refractivity contribution in [2.24, 2.45) is 0 Å². The van der Waals surface area contributed by atoms with Crippen LogP contribution < -0.4 is 5.32 Å². The first kappa shape index (κ1) is 21.7. The summed E-state index contributed by atoms with van der Waals surface area (Å²) in [7, 11) is 0. The number of Topliss-reactive ketones (excluding diaryl/α,β-unsaturated/α-hetero) is 1. The molecule has 0 bridgehead atoms. The van der Waals surface area contributed by atoms with Gasteiger partial charge in [-0.3, -0.25) is 9.59 Å². The highest BCUT2D eigenvalue weighted by molar-refractivity contribution is 6.04. The maximum absolute atomic E-state index is 12.4. The summed E-state index contributed by atoms with van der Waals surface area (Å²) in [4.78, 5) is 36.9. The molecule has 1 N–H and O–H groups in total. The van der Waals surface area contributed by atoms with Crippen LogP contribution in [0.1, 0.15) is 31.1 Å². The Morgan fingerprint density at radius 3 is 1.76 bits per heavy atom. The smallest absolute Gasteiger partial charge is 0.338 e. The van der Waals surface area contributed by atoms with E-state index in [4.69, 9.17) is 4.74 Å². The Balaban J connectivity index is 1.31. The molecule has 0 heterocycles. The highest BCUT2D eigenvalue weighted by Crippen LogP contribution is 2.19. The lowest BCUT2D eigenvalue weighted by Gasteiger charge is -2.08. The Kier molecular flexibility index (Phi) is 6.71. The molecule has 0 aliphatic rings. The van der Waals surface area contributed by atoms with Gasteiger partial charge in [0.2, 0.25) is 0 Å². The van der Waals surface area contributed by atoms with Crippen molar-refractivity contribution >= 4 is 23.3 Å². The van der Waals surface area contributed by atoms with E-state index >= 15 is 0 Å². The van der Waals surface area contributed by atoms with Gasteiger partial charge in [-0.15, -0.1) is 0 Å². The van der Waals surface area contributed by atoms with Gasteiger partial charge in [-0.2, -0.15) is 0 Å². The van der Waals surface area contributed by atoms with E-state index in [0.717, 1.165) is 11.1 Å². The molecular formula is C28H21NO4. The Morgan fingerprint density at radius 2 is 1.12 bits per heavy atom. The van der Waals surface area contributed by atoms with E-state index < -0.39 is 5.97 Å². The Hall–Kier alpha value is -4.51. The molecule has 4 aromatic carbocycles. The van der Waals surface area contributed by atoms with Gasteiger partial charge in [-0.05, 0) is 47.5 Å². The highest BCUT2D eigenvalue weighted by Gasteiger charge is 2.13. The number of carbonyl (C=O) groups excluding carboxylic acids is 3. The largest absolute Gasteiger partial charge is 0.454 e. The van der Waals surface area contributed by atoms with Crippen LogP contribution in [0.15, 0.2) is 109 Å². The van der Waals surface area contributed by atoms with Crippen LogP contribution in [0, 0.1) is 0 Å². The van der Waals surface area contributed by atoms with Crippen molar-refractivity contribution < 1.29 is 19.1 Å². The second-order valence-corrected chi connectivity index (χ2v) is 7.34. The summed E-state index contributed by atoms with van der Waals surface area (Å²) >= 11 is 0. The quantitative estimate of drug-likeness (QED) is 0.301. The maximum atomic E-state index is 12.4. The van der Waals surface area contributed by atoms with E-state index in [1.165, 1.54) is 0 Å². The summed E-state index contributed by atoms with van der Waals surface area (Å²) in [6.45, 7) is -0.351. The van der Waals surface area contributed by atoms with Crippen LogP contribution in [0.5, 0.6) is 0 Å². The fraction of sp³-hybridized carbons (Fsp3) is 0.0357. The molecule has 0 unspecified atom stereocenters. The lowest BCUT2D eigenvalue weighted by atomic mass is 10.0. The van der Waals surface area contributed by atoms with Gasteiger partial charge in [-0.25, -0.2) is 4.79 Å². The average Bonchev–Trinajstić information content (AvgIpc) is 2.88. The lowest BCUT2D eigenvalue weighted by Crippen LogP contribution is -2.15. The van der Waals surface area contributed by atoms with E-state index in [2.05, 4.69) is 5.32 Å². The molecule has 0 aromatic heterocycles. The first-order valence-corrected chi connectivity index (χ1v) is 10.4. The third-order valence-electron chi connectivity index (χ3n) is 5.06. The van der Waals surface area contributed by atoms with Crippen molar-refractivity contribution in [1.29, 1.82) is 0 Å². The number of amides is 1. The number of hydrogen-bond donors (Lipinski definition) is 1. The molecule has 0 saturated heterocycles. The first-order valence-electron chi connectivity index (χ1n) is 10.4. The minimum atomic E-state index is -0.606. The minimum Gasteiger partial charge on any atom is -0.454 e. The molecule has 0 atom stereocenters. The van der Waals surface area contributed by atoms with Gasteiger partial charge < -0.3 is 10.1 Å². The Bertz CT molecular complexity index is 1250. The fourth-order valence-corrected chi connectivity index (χ4v) is 3.26. The lowest BCUT2D eigenvalue weighted by molar-refractivity contribution is 0.0475. The fourth-order valence-electron chi connectivity index (χ4n) is 3.26. The number of nitrogens with one attached hydrogen (secondary N) is 1. The number of benzene rings is 4. The SMILES string of the molecule is O=C(COC(=O)c1ccc(NC(=O)c2ccccc2)cc1)c1ccc(-c2ccccc2)cc1. The van der Waals surface area contributed by atoms with Gasteiger partial charge in [0.15, 0.2) is 12.4 Å². The number of hydrogen-bond acceptors (Lipinski definition) is 4. The molecule has 0 aliphatic heterocycles. The zero-order valence-electron chi connectivity index (χ0n) is 17.7. The van der Waals surface area contributed by atoms with Crippen molar-refractivity contribution in [2.45, 2.75) is 0 Å². The number of anilines is 1. The minimum absolute atomic E-state index is 0.241. The van der Waals surface area contributed by atoms with Crippen molar-refractivity contribution in [3.05, 3.63) is 126 Å². The normalized spacial score (nSPS) is 10.3. The van der Waals surface area contributed by atoms with Crippen LogP contribution >= 0.6 is 0 Å². The molecule has 5 nitrogen and oxygen atoms in total. The molecule has 0 radical (unpaired) electrons. The summed E-state index contributed by atoms with van der Waals surface area (Å²) < 4.78 is 5.17. The topological polar surface area (TPSA) is 72.5 Å². The van der Waals surface area contributed by atoms with Crippen LogP contribution in [0.2, 0.25) is 0 Å². The summed E-state index contributed by atoms with van der Waals surface area (Å²) in [5.74, 6) is -1.13. The van der Waals surface area contributed by atoms with Gasteiger partial charge in [0, 0.05) is 16.8 Å². The Labute approximate surface area is 191 Å². The first-order chi connectivity index (χ1) is 16.1. The third kappa shape index (κ3) is 5.60. The van der Waals surface area contributed by atoms with E-state index in [1.807, 2.05) is 48.5 Å². The van der Waals surface area contributed by atoms with Gasteiger partial charge in [0.25, 0.3) is 5.91 Å². The van der Waals surface area contributed by atoms with Crippen molar-refractivity contribution in [3.8, 4) is 11.1 Å². The van der Waals surface area contributed by atoms with Crippen LogP contribution in [-0.2, 0) is 4.74 Å². The van der Waals surface area contributed by atoms with E-state index in [-0.39, 0.29) is 18.3 Å². The van der Waals surface area contributed by atoms with E-state index in [1.54, 1.807) is 60.7 Å². The molecule has 33 heavy (non-hydrogen) atoms. The maximum Gasteiger partial charge on any atom is 0.338 e. The highest BCUT2D eigenvalue weighted by atomic mass is 16.5. The van der Waals surface area contributed by atoms with Crippen LogP contribution in [0.25, 0.3) is 11.1 Å². The van der Waals surface area contributed by atoms with Gasteiger partial charge in [0.05, 0.1) is 5.56 Å². The standard InChI is InChI=1S/C28H21NO4/c30-26(22-13-11-21(12-14-22)20-7-3-1-4-8-20)19-33-28(32)24-15-17-25(18-16-24)29-27(31)23-9-5-2-6-10-23/h1-18H,19H2,(H,29,31). The number of ketones is 1. The summed E-state index contributed by atoms with van der Waals surface area (Å²) in [6.07, 6.45) is 0. The molecule has 4 rings (SSSR count). The molecule has 5 heteroatoms. The molecule has 0 spiro atoms. The molecule has 0 saturated carbocycles. The summed E-state index contributed by atoms with van der Waals surface area (Å²) in [6, 6.07) is 32.2. The number of ether oxygens (including phenoxy) is 1. The summed E-state index contributed by atoms with van der Waals surface area (Å²) in [5.41, 5.74) is 3.92. The molecule has 162 valence electrons. The Morgan fingerprint density at radius 1 is 0.576 bits per heavy atom. The van der Waals surface area contributed by atoms with Crippen LogP contribution in [0.3, 0.4) is 0 Å². The van der Waals surface area contributed by atoms with Gasteiger partial charge in [-0.1, -0.05) is 72.8 Å².